The number of ketones is 1. The topological polar surface area (TPSA) is 115 Å². The molecule has 1 N–H and O–H groups in total. The lowest BCUT2D eigenvalue weighted by Crippen LogP contribution is -2.49. The predicted molar refractivity (Wildman–Crippen MR) is 112 cm³/mol. The van der Waals surface area contributed by atoms with E-state index in [1.165, 1.54) is 12.4 Å². The highest BCUT2D eigenvalue weighted by molar-refractivity contribution is 5.95. The van der Waals surface area contributed by atoms with E-state index in [4.69, 9.17) is 9.47 Å². The Morgan fingerprint density at radius 1 is 1.03 bits per heavy atom. The number of hydrogen-bond donors (Lipinski definition) is 1. The molecule has 2 aliphatic heterocycles. The number of amides is 2. The van der Waals surface area contributed by atoms with Gasteiger partial charge < -0.3 is 19.7 Å². The molecule has 0 radical (unpaired) electrons. The zero-order valence-corrected chi connectivity index (χ0v) is 18.3. The van der Waals surface area contributed by atoms with E-state index in [-0.39, 0.29) is 12.0 Å². The fourth-order valence-electron chi connectivity index (χ4n) is 3.90. The average Bonchev–Trinajstić information content (AvgIpc) is 2.91. The molecule has 1 atom stereocenters. The molecule has 184 valence electrons. The highest BCUT2D eigenvalue weighted by Crippen LogP contribution is 2.36. The summed E-state index contributed by atoms with van der Waals surface area (Å²) in [4.78, 5) is 55.6. The summed E-state index contributed by atoms with van der Waals surface area (Å²) in [5, 5.41) is 2.46. The zero-order chi connectivity index (χ0) is 25.1. The molecule has 1 fully saturated rings. The third-order valence-corrected chi connectivity index (χ3v) is 5.82. The number of benzene rings is 1. The Bertz CT molecular complexity index is 1170. The number of pyridine rings is 1. The van der Waals surface area contributed by atoms with Gasteiger partial charge in [0.25, 0.3) is 5.91 Å². The van der Waals surface area contributed by atoms with Crippen molar-refractivity contribution in [3.63, 3.8) is 0 Å². The molecule has 2 aromatic rings. The minimum Gasteiger partial charge on any atom is -0.479 e. The number of piperidine rings is 1. The Morgan fingerprint density at radius 3 is 2.40 bits per heavy atom. The van der Waals surface area contributed by atoms with Gasteiger partial charge in [0.2, 0.25) is 23.2 Å². The van der Waals surface area contributed by atoms with Gasteiger partial charge in [-0.1, -0.05) is 0 Å². The van der Waals surface area contributed by atoms with E-state index < -0.39 is 71.6 Å². The van der Waals surface area contributed by atoms with E-state index in [9.17, 15) is 32.3 Å². The number of fused-ring (bicyclic) bond motifs is 1. The monoisotopic (exact) mass is 491 g/mol. The molecule has 4 rings (SSSR count). The molecule has 3 heterocycles. The molecule has 2 aliphatic rings. The van der Waals surface area contributed by atoms with Crippen LogP contribution in [0.1, 0.15) is 29.6 Å². The number of Topliss-reactive ketones (excluding diaryl/α,β-unsaturated/α-hetero) is 1. The van der Waals surface area contributed by atoms with Crippen molar-refractivity contribution >= 4 is 23.6 Å². The zero-order valence-electron chi connectivity index (χ0n) is 18.3. The van der Waals surface area contributed by atoms with Gasteiger partial charge in [0.15, 0.2) is 17.4 Å². The number of aromatic nitrogens is 1. The average molecular weight is 491 g/mol. The van der Waals surface area contributed by atoms with Crippen molar-refractivity contribution in [3.8, 4) is 11.5 Å². The Kier molecular flexibility index (Phi) is 6.99. The fraction of sp³-hybridized carbons (Fsp3) is 0.348. The van der Waals surface area contributed by atoms with Crippen LogP contribution in [-0.4, -0.2) is 59.2 Å². The summed E-state index contributed by atoms with van der Waals surface area (Å²) in [5.74, 6) is -9.77. The van der Waals surface area contributed by atoms with Crippen LogP contribution in [-0.2, 0) is 14.4 Å². The van der Waals surface area contributed by atoms with Gasteiger partial charge in [0, 0.05) is 43.0 Å². The summed E-state index contributed by atoms with van der Waals surface area (Å²) in [7, 11) is 0. The number of rotatable bonds is 3. The number of esters is 1. The molecule has 0 spiro atoms. The maximum absolute atomic E-state index is 14.0. The maximum Gasteiger partial charge on any atom is 0.313 e. The van der Waals surface area contributed by atoms with Crippen LogP contribution in [0.25, 0.3) is 0 Å². The van der Waals surface area contributed by atoms with Gasteiger partial charge >= 0.3 is 5.97 Å². The lowest BCUT2D eigenvalue weighted by molar-refractivity contribution is -0.138. The van der Waals surface area contributed by atoms with Crippen LogP contribution in [0.2, 0.25) is 0 Å². The predicted octanol–water partition coefficient (Wildman–Crippen LogP) is 1.79. The number of carbonyl (C=O) groups is 4. The summed E-state index contributed by atoms with van der Waals surface area (Å²) in [6.07, 6.45) is 3.00. The summed E-state index contributed by atoms with van der Waals surface area (Å²) in [6, 6.07) is 2.00. The van der Waals surface area contributed by atoms with Crippen molar-refractivity contribution in [1.82, 2.24) is 15.2 Å². The van der Waals surface area contributed by atoms with Crippen molar-refractivity contribution in [3.05, 3.63) is 53.6 Å². The van der Waals surface area contributed by atoms with E-state index in [2.05, 4.69) is 10.3 Å². The lowest BCUT2D eigenvalue weighted by Gasteiger charge is -2.32. The van der Waals surface area contributed by atoms with Gasteiger partial charge in [-0.05, 0) is 25.0 Å². The number of nitrogens with one attached hydrogen (secondary N) is 1. The number of halogens is 3. The van der Waals surface area contributed by atoms with Gasteiger partial charge in [-0.15, -0.1) is 0 Å². The van der Waals surface area contributed by atoms with Crippen LogP contribution >= 0.6 is 0 Å². The van der Waals surface area contributed by atoms with Gasteiger partial charge in [0.05, 0.1) is 6.42 Å². The first-order chi connectivity index (χ1) is 16.7. The fourth-order valence-corrected chi connectivity index (χ4v) is 3.90. The summed E-state index contributed by atoms with van der Waals surface area (Å²) in [5.41, 5.74) is 0.478. The first-order valence-electron chi connectivity index (χ1n) is 10.8. The lowest BCUT2D eigenvalue weighted by atomic mass is 9.94. The van der Waals surface area contributed by atoms with Crippen LogP contribution in [0, 0.1) is 23.4 Å². The molecular weight excluding hydrogens is 471 g/mol. The normalized spacial score (nSPS) is 18.9. The van der Waals surface area contributed by atoms with Crippen molar-refractivity contribution < 1.29 is 41.8 Å². The molecule has 12 heteroatoms. The Hall–Kier alpha value is -3.96. The third-order valence-electron chi connectivity index (χ3n) is 5.82. The van der Waals surface area contributed by atoms with Crippen molar-refractivity contribution in [1.29, 1.82) is 0 Å². The van der Waals surface area contributed by atoms with Gasteiger partial charge in [0.1, 0.15) is 12.6 Å². The Labute approximate surface area is 197 Å². The number of ether oxygens (including phenoxy) is 2. The first kappa shape index (κ1) is 24.2. The van der Waals surface area contributed by atoms with E-state index >= 15 is 0 Å². The standard InChI is InChI=1S/C23H20F3N3O6/c24-14-9-15(25)20-21(19(14)26)34-11-17(30)16(10-18(31)35-20)28-22(32)12-3-7-29(8-4-12)23(33)13-1-5-27-6-2-13/h1-2,5-6,9,12,16H,3-4,7-8,10-11H2,(H,28,32). The minimum absolute atomic E-state index is 0.187. The maximum atomic E-state index is 14.0. The third kappa shape index (κ3) is 5.26. The van der Waals surface area contributed by atoms with Crippen LogP contribution in [0.3, 0.4) is 0 Å². The van der Waals surface area contributed by atoms with Crippen LogP contribution in [0.5, 0.6) is 11.5 Å². The highest BCUT2D eigenvalue weighted by Gasteiger charge is 2.34. The van der Waals surface area contributed by atoms with Crippen LogP contribution < -0.4 is 14.8 Å². The molecule has 1 saturated heterocycles. The molecule has 0 aliphatic carbocycles. The van der Waals surface area contributed by atoms with Crippen molar-refractivity contribution in [2.45, 2.75) is 25.3 Å². The van der Waals surface area contributed by atoms with E-state index in [1.807, 2.05) is 0 Å². The summed E-state index contributed by atoms with van der Waals surface area (Å²) < 4.78 is 51.3. The van der Waals surface area contributed by atoms with Gasteiger partial charge in [-0.25, -0.2) is 8.78 Å². The molecule has 0 saturated carbocycles. The highest BCUT2D eigenvalue weighted by atomic mass is 19.2. The first-order valence-corrected chi connectivity index (χ1v) is 10.8. The summed E-state index contributed by atoms with van der Waals surface area (Å²) in [6.45, 7) is -0.238. The quantitative estimate of drug-likeness (QED) is 0.396. The van der Waals surface area contributed by atoms with E-state index in [1.54, 1.807) is 17.0 Å². The second-order valence-electron chi connectivity index (χ2n) is 8.11. The molecule has 9 nitrogen and oxygen atoms in total. The number of likely N-dealkylation sites (tertiary alicyclic amines) is 1. The SMILES string of the molecule is O=C1CC(NC(=O)C2CCN(C(=O)c3ccncc3)CC2)C(=O)COc2c(F)c(F)cc(F)c2O1. The molecular formula is C23H20F3N3O6. The molecule has 0 bridgehead atoms. The Balaban J connectivity index is 1.39. The van der Waals surface area contributed by atoms with Crippen LogP contribution in [0.15, 0.2) is 30.6 Å². The second kappa shape index (κ2) is 10.1. The Morgan fingerprint density at radius 2 is 1.71 bits per heavy atom. The molecule has 1 aromatic carbocycles. The van der Waals surface area contributed by atoms with Gasteiger partial charge in [-0.2, -0.15) is 4.39 Å². The largest absolute Gasteiger partial charge is 0.479 e. The second-order valence-corrected chi connectivity index (χ2v) is 8.11. The van der Waals surface area contributed by atoms with E-state index in [0.29, 0.717) is 31.5 Å². The summed E-state index contributed by atoms with van der Waals surface area (Å²) >= 11 is 0. The minimum atomic E-state index is -1.61. The molecule has 1 unspecified atom stereocenters. The molecule has 2 amide bonds. The number of carbonyl (C=O) groups excluding carboxylic acids is 4. The van der Waals surface area contributed by atoms with Gasteiger partial charge in [-0.3, -0.25) is 24.2 Å². The number of hydrogen-bond acceptors (Lipinski definition) is 7. The van der Waals surface area contributed by atoms with Crippen molar-refractivity contribution in [2.24, 2.45) is 5.92 Å². The van der Waals surface area contributed by atoms with E-state index in [0.717, 1.165) is 0 Å². The van der Waals surface area contributed by atoms with Crippen molar-refractivity contribution in [2.75, 3.05) is 19.7 Å². The molecule has 1 aromatic heterocycles. The molecule has 35 heavy (non-hydrogen) atoms. The number of nitrogens with zero attached hydrogens (tertiary/aromatic N) is 2. The smallest absolute Gasteiger partial charge is 0.313 e. The van der Waals surface area contributed by atoms with Crippen LogP contribution in [0.4, 0.5) is 13.2 Å².